The summed E-state index contributed by atoms with van der Waals surface area (Å²) in [5.41, 5.74) is 1.29. The Hall–Kier alpha value is -1.55. The molecule has 1 heterocycles. The first-order chi connectivity index (χ1) is 12.2. The molecule has 1 aromatic rings. The van der Waals surface area contributed by atoms with Crippen molar-refractivity contribution >= 4 is 5.91 Å². The molecule has 3 atom stereocenters. The van der Waals surface area contributed by atoms with Crippen molar-refractivity contribution in [3.05, 3.63) is 29.8 Å². The molecule has 25 heavy (non-hydrogen) atoms. The van der Waals surface area contributed by atoms with Gasteiger partial charge in [-0.15, -0.1) is 0 Å². The summed E-state index contributed by atoms with van der Waals surface area (Å²) < 4.78 is 6.30. The van der Waals surface area contributed by atoms with Gasteiger partial charge in [-0.1, -0.05) is 18.2 Å². The Balaban J connectivity index is 1.39. The number of hydrogen-bond acceptors (Lipinski definition) is 3. The van der Waals surface area contributed by atoms with Crippen molar-refractivity contribution in [1.82, 2.24) is 10.2 Å². The highest BCUT2D eigenvalue weighted by atomic mass is 16.5. The number of rotatable bonds is 5. The number of para-hydroxylation sites is 1. The van der Waals surface area contributed by atoms with Crippen LogP contribution in [0.3, 0.4) is 0 Å². The molecule has 1 saturated heterocycles. The lowest BCUT2D eigenvalue weighted by Crippen LogP contribution is -2.38. The van der Waals surface area contributed by atoms with E-state index in [9.17, 15) is 4.79 Å². The van der Waals surface area contributed by atoms with Crippen LogP contribution < -0.4 is 10.1 Å². The average molecular weight is 342 g/mol. The van der Waals surface area contributed by atoms with E-state index in [2.05, 4.69) is 41.5 Å². The SMILES string of the molecule is CN(Cc1ccccc1OC1CCCC1)[C@H]1C[C@H]2CC(=O)NC[C@H]2C1. The summed E-state index contributed by atoms with van der Waals surface area (Å²) in [5, 5.41) is 3.03. The lowest BCUT2D eigenvalue weighted by Gasteiger charge is -2.26. The highest BCUT2D eigenvalue weighted by Gasteiger charge is 2.39. The van der Waals surface area contributed by atoms with Gasteiger partial charge in [0.2, 0.25) is 5.91 Å². The maximum absolute atomic E-state index is 11.6. The van der Waals surface area contributed by atoms with Crippen LogP contribution in [-0.2, 0) is 11.3 Å². The van der Waals surface area contributed by atoms with Gasteiger partial charge < -0.3 is 10.1 Å². The molecule has 2 saturated carbocycles. The summed E-state index contributed by atoms with van der Waals surface area (Å²) in [6.45, 7) is 1.80. The maximum Gasteiger partial charge on any atom is 0.220 e. The van der Waals surface area contributed by atoms with E-state index in [0.29, 0.717) is 24.0 Å². The van der Waals surface area contributed by atoms with Gasteiger partial charge in [-0.25, -0.2) is 0 Å². The Morgan fingerprint density at radius 3 is 2.76 bits per heavy atom. The highest BCUT2D eigenvalue weighted by Crippen LogP contribution is 2.39. The van der Waals surface area contributed by atoms with Gasteiger partial charge in [-0.3, -0.25) is 9.69 Å². The van der Waals surface area contributed by atoms with Crippen LogP contribution in [0.2, 0.25) is 0 Å². The molecule has 0 unspecified atom stereocenters. The molecule has 2 aliphatic carbocycles. The largest absolute Gasteiger partial charge is 0.490 e. The summed E-state index contributed by atoms with van der Waals surface area (Å²) in [6.07, 6.45) is 8.45. The standard InChI is InChI=1S/C21H30N2O2/c1-23(18-10-16-12-21(24)22-13-17(16)11-18)14-15-6-2-5-9-20(15)25-19-7-3-4-8-19/h2,5-6,9,16-19H,3-4,7-8,10-14H2,1H3,(H,22,24)/t16-,17+,18-/m0/s1. The molecule has 0 aromatic heterocycles. The quantitative estimate of drug-likeness (QED) is 0.892. The Kier molecular flexibility index (Phi) is 4.98. The fourth-order valence-corrected chi connectivity index (χ4v) is 4.93. The van der Waals surface area contributed by atoms with Gasteiger partial charge in [0.25, 0.3) is 0 Å². The van der Waals surface area contributed by atoms with Gasteiger partial charge in [-0.2, -0.15) is 0 Å². The molecule has 1 aromatic carbocycles. The third-order valence-electron chi connectivity index (χ3n) is 6.44. The van der Waals surface area contributed by atoms with Crippen molar-refractivity contribution in [3.63, 3.8) is 0 Å². The molecule has 3 aliphatic rings. The topological polar surface area (TPSA) is 41.6 Å². The molecule has 0 radical (unpaired) electrons. The van der Waals surface area contributed by atoms with Gasteiger partial charge in [0.05, 0.1) is 6.10 Å². The monoisotopic (exact) mass is 342 g/mol. The number of benzene rings is 1. The fraction of sp³-hybridized carbons (Fsp3) is 0.667. The summed E-state index contributed by atoms with van der Waals surface area (Å²) in [5.74, 6) is 2.54. The molecule has 3 fully saturated rings. The second-order valence-electron chi connectivity index (χ2n) is 8.20. The molecule has 1 aliphatic heterocycles. The van der Waals surface area contributed by atoms with Crippen LogP contribution in [0.15, 0.2) is 24.3 Å². The highest BCUT2D eigenvalue weighted by molar-refractivity contribution is 5.77. The lowest BCUT2D eigenvalue weighted by molar-refractivity contribution is -0.124. The van der Waals surface area contributed by atoms with E-state index < -0.39 is 0 Å². The van der Waals surface area contributed by atoms with Crippen LogP contribution in [0.25, 0.3) is 0 Å². The van der Waals surface area contributed by atoms with Crippen molar-refractivity contribution in [3.8, 4) is 5.75 Å². The van der Waals surface area contributed by atoms with E-state index >= 15 is 0 Å². The van der Waals surface area contributed by atoms with E-state index in [4.69, 9.17) is 4.74 Å². The first-order valence-electron chi connectivity index (χ1n) is 9.90. The fourth-order valence-electron chi connectivity index (χ4n) is 4.93. The first-order valence-corrected chi connectivity index (χ1v) is 9.90. The van der Waals surface area contributed by atoms with Crippen molar-refractivity contribution in [2.45, 2.75) is 63.6 Å². The molecule has 136 valence electrons. The summed E-state index contributed by atoms with van der Waals surface area (Å²) in [4.78, 5) is 14.1. The summed E-state index contributed by atoms with van der Waals surface area (Å²) >= 11 is 0. The van der Waals surface area contributed by atoms with Crippen LogP contribution in [0.4, 0.5) is 0 Å². The predicted octanol–water partition coefficient (Wildman–Crippen LogP) is 3.35. The van der Waals surface area contributed by atoms with Crippen molar-refractivity contribution < 1.29 is 9.53 Å². The molecular weight excluding hydrogens is 312 g/mol. The minimum Gasteiger partial charge on any atom is -0.490 e. The van der Waals surface area contributed by atoms with E-state index in [1.54, 1.807) is 0 Å². The number of carbonyl (C=O) groups is 1. The minimum atomic E-state index is 0.236. The maximum atomic E-state index is 11.6. The molecule has 1 amide bonds. The third kappa shape index (κ3) is 3.84. The molecule has 0 bridgehead atoms. The summed E-state index contributed by atoms with van der Waals surface area (Å²) in [7, 11) is 2.23. The van der Waals surface area contributed by atoms with Crippen LogP contribution in [0.5, 0.6) is 5.75 Å². The van der Waals surface area contributed by atoms with Gasteiger partial charge in [0.1, 0.15) is 5.75 Å². The zero-order chi connectivity index (χ0) is 17.2. The number of carbonyl (C=O) groups excluding carboxylic acids is 1. The van der Waals surface area contributed by atoms with Crippen molar-refractivity contribution in [2.75, 3.05) is 13.6 Å². The molecule has 4 heteroatoms. The van der Waals surface area contributed by atoms with Crippen LogP contribution in [0.1, 0.15) is 50.5 Å². The number of fused-ring (bicyclic) bond motifs is 1. The third-order valence-corrected chi connectivity index (χ3v) is 6.44. The second kappa shape index (κ2) is 7.36. The molecule has 1 N–H and O–H groups in total. The number of piperidine rings is 1. The van der Waals surface area contributed by atoms with Crippen LogP contribution >= 0.6 is 0 Å². The van der Waals surface area contributed by atoms with Gasteiger partial charge in [0.15, 0.2) is 0 Å². The van der Waals surface area contributed by atoms with E-state index in [1.807, 2.05) is 0 Å². The van der Waals surface area contributed by atoms with E-state index in [0.717, 1.165) is 31.7 Å². The molecule has 4 nitrogen and oxygen atoms in total. The molecule has 4 rings (SSSR count). The summed E-state index contributed by atoms with van der Waals surface area (Å²) in [6, 6.07) is 9.09. The molecular formula is C21H30N2O2. The van der Waals surface area contributed by atoms with Crippen LogP contribution in [0, 0.1) is 11.8 Å². The predicted molar refractivity (Wildman–Crippen MR) is 98.4 cm³/mol. The van der Waals surface area contributed by atoms with Gasteiger partial charge in [-0.05, 0) is 63.5 Å². The number of hydrogen-bond donors (Lipinski definition) is 1. The van der Waals surface area contributed by atoms with Crippen LogP contribution in [-0.4, -0.2) is 36.5 Å². The van der Waals surface area contributed by atoms with Crippen molar-refractivity contribution in [1.29, 1.82) is 0 Å². The Morgan fingerprint density at radius 1 is 1.16 bits per heavy atom. The van der Waals surface area contributed by atoms with E-state index in [-0.39, 0.29) is 5.91 Å². The minimum absolute atomic E-state index is 0.236. The lowest BCUT2D eigenvalue weighted by atomic mass is 9.89. The number of ether oxygens (including phenoxy) is 1. The van der Waals surface area contributed by atoms with E-state index in [1.165, 1.54) is 37.7 Å². The van der Waals surface area contributed by atoms with Crippen molar-refractivity contribution in [2.24, 2.45) is 11.8 Å². The zero-order valence-electron chi connectivity index (χ0n) is 15.2. The zero-order valence-corrected chi connectivity index (χ0v) is 15.2. The smallest absolute Gasteiger partial charge is 0.220 e. The average Bonchev–Trinajstić information content (AvgIpc) is 3.25. The normalized spacial score (nSPS) is 29.7. The van der Waals surface area contributed by atoms with Gasteiger partial charge in [0, 0.05) is 31.1 Å². The van der Waals surface area contributed by atoms with Gasteiger partial charge >= 0.3 is 0 Å². The first kappa shape index (κ1) is 16.9. The molecule has 0 spiro atoms. The number of nitrogens with one attached hydrogen (secondary N) is 1. The Bertz CT molecular complexity index is 612. The number of nitrogens with zero attached hydrogens (tertiary/aromatic N) is 1. The Morgan fingerprint density at radius 2 is 1.92 bits per heavy atom. The number of amides is 1. The Labute approximate surface area is 150 Å². The second-order valence-corrected chi connectivity index (χ2v) is 8.20.